The Morgan fingerprint density at radius 3 is 2.21 bits per heavy atom. The Morgan fingerprint density at radius 2 is 1.64 bits per heavy atom. The van der Waals surface area contributed by atoms with Gasteiger partial charge in [-0.1, -0.05) is 43.9 Å². The van der Waals surface area contributed by atoms with E-state index >= 15 is 0 Å². The Morgan fingerprint density at radius 1 is 1.04 bits per heavy atom. The smallest absolute Gasteiger partial charge is 0.399 e. The number of ether oxygens (including phenoxy) is 1. The summed E-state index contributed by atoms with van der Waals surface area (Å²) in [7, 11) is -1.43. The second-order valence-corrected chi connectivity index (χ2v) is 15.3. The standard InChI is InChI=1S/C20H32BN3O3Si/c1-19(2)20(3,4)27-21(26-19)17-10-8-16(9-11-17)18-14-22-24(23-18)15-25-12-13-28(5,6)7/h8-11,14H,12-13,15H2,1-7H3. The van der Waals surface area contributed by atoms with Crippen LogP contribution in [0.3, 0.4) is 0 Å². The topological polar surface area (TPSA) is 58.4 Å². The minimum atomic E-state index is -1.07. The molecular weight excluding hydrogens is 369 g/mol. The molecule has 1 aromatic heterocycles. The Bertz CT molecular complexity index is 784. The highest BCUT2D eigenvalue weighted by Gasteiger charge is 2.51. The van der Waals surface area contributed by atoms with E-state index in [4.69, 9.17) is 14.0 Å². The molecule has 1 aromatic carbocycles. The van der Waals surface area contributed by atoms with E-state index in [0.29, 0.717) is 6.73 Å². The maximum atomic E-state index is 6.11. The van der Waals surface area contributed by atoms with E-state index < -0.39 is 8.07 Å². The molecule has 0 bridgehead atoms. The molecule has 0 saturated carbocycles. The fourth-order valence-corrected chi connectivity index (χ4v) is 3.56. The SMILES string of the molecule is CC1(C)OB(c2ccc(-c3cnn(COCC[Si](C)(C)C)n3)cc2)OC1(C)C. The van der Waals surface area contributed by atoms with Gasteiger partial charge in [0, 0.05) is 20.2 Å². The van der Waals surface area contributed by atoms with Crippen molar-refractivity contribution in [2.45, 2.75) is 71.3 Å². The molecule has 6 nitrogen and oxygen atoms in total. The van der Waals surface area contributed by atoms with Crippen molar-refractivity contribution in [3.8, 4) is 11.3 Å². The molecule has 3 rings (SSSR count). The molecule has 0 spiro atoms. The first-order valence-corrected chi connectivity index (χ1v) is 13.6. The van der Waals surface area contributed by atoms with Crippen LogP contribution in [0.2, 0.25) is 25.7 Å². The second kappa shape index (κ2) is 7.74. The minimum Gasteiger partial charge on any atom is -0.399 e. The molecule has 0 radical (unpaired) electrons. The number of rotatable bonds is 7. The highest BCUT2D eigenvalue weighted by Crippen LogP contribution is 2.36. The highest BCUT2D eigenvalue weighted by atomic mass is 28.3. The van der Waals surface area contributed by atoms with Gasteiger partial charge in [-0.2, -0.15) is 15.0 Å². The van der Waals surface area contributed by atoms with Crippen molar-refractivity contribution in [3.05, 3.63) is 30.5 Å². The highest BCUT2D eigenvalue weighted by molar-refractivity contribution is 6.76. The van der Waals surface area contributed by atoms with Gasteiger partial charge in [0.05, 0.1) is 17.4 Å². The zero-order valence-electron chi connectivity index (χ0n) is 18.2. The van der Waals surface area contributed by atoms with Crippen molar-refractivity contribution in [3.63, 3.8) is 0 Å². The van der Waals surface area contributed by atoms with E-state index in [1.54, 1.807) is 11.0 Å². The summed E-state index contributed by atoms with van der Waals surface area (Å²) in [5.74, 6) is 0. The molecule has 28 heavy (non-hydrogen) atoms. The van der Waals surface area contributed by atoms with Crippen LogP contribution in [0.15, 0.2) is 30.5 Å². The van der Waals surface area contributed by atoms with Gasteiger partial charge in [0.2, 0.25) is 0 Å². The van der Waals surface area contributed by atoms with E-state index in [1.165, 1.54) is 0 Å². The lowest BCUT2D eigenvalue weighted by Crippen LogP contribution is -2.41. The van der Waals surface area contributed by atoms with Crippen LogP contribution >= 0.6 is 0 Å². The molecule has 0 amide bonds. The van der Waals surface area contributed by atoms with Crippen LogP contribution in [0.1, 0.15) is 27.7 Å². The average Bonchev–Trinajstić information content (AvgIpc) is 3.13. The summed E-state index contributed by atoms with van der Waals surface area (Å²) in [6.45, 7) is 16.4. The summed E-state index contributed by atoms with van der Waals surface area (Å²) in [5, 5.41) is 8.82. The second-order valence-electron chi connectivity index (χ2n) is 9.66. The third kappa shape index (κ3) is 4.92. The van der Waals surface area contributed by atoms with Gasteiger partial charge < -0.3 is 14.0 Å². The molecule has 1 aliphatic heterocycles. The zero-order chi connectivity index (χ0) is 20.6. The Balaban J connectivity index is 1.60. The number of aromatic nitrogens is 3. The lowest BCUT2D eigenvalue weighted by molar-refractivity contribution is 0.00578. The molecule has 8 heteroatoms. The van der Waals surface area contributed by atoms with E-state index in [1.807, 2.05) is 24.3 Å². The van der Waals surface area contributed by atoms with Crippen LogP contribution in [-0.4, -0.2) is 48.0 Å². The molecule has 0 aliphatic carbocycles. The zero-order valence-corrected chi connectivity index (χ0v) is 19.2. The largest absolute Gasteiger partial charge is 0.494 e. The van der Waals surface area contributed by atoms with Crippen molar-refractivity contribution in [2.24, 2.45) is 0 Å². The van der Waals surface area contributed by atoms with E-state index in [9.17, 15) is 0 Å². The molecule has 152 valence electrons. The monoisotopic (exact) mass is 401 g/mol. The molecule has 1 fully saturated rings. The Labute approximate surface area is 169 Å². The van der Waals surface area contributed by atoms with Crippen LogP contribution in [0.5, 0.6) is 0 Å². The van der Waals surface area contributed by atoms with Gasteiger partial charge in [-0.25, -0.2) is 0 Å². The summed E-state index contributed by atoms with van der Waals surface area (Å²) >= 11 is 0. The number of benzene rings is 1. The van der Waals surface area contributed by atoms with Gasteiger partial charge in [-0.15, -0.1) is 0 Å². The van der Waals surface area contributed by atoms with Crippen LogP contribution < -0.4 is 5.46 Å². The quantitative estimate of drug-likeness (QED) is 0.525. The summed E-state index contributed by atoms with van der Waals surface area (Å²) in [4.78, 5) is 1.60. The first kappa shape index (κ1) is 21.2. The molecule has 0 atom stereocenters. The normalized spacial score (nSPS) is 18.6. The summed E-state index contributed by atoms with van der Waals surface area (Å²) in [6, 6.07) is 9.25. The lowest BCUT2D eigenvalue weighted by Gasteiger charge is -2.32. The average molecular weight is 401 g/mol. The molecular formula is C20H32BN3O3Si. The summed E-state index contributed by atoms with van der Waals surface area (Å²) in [6.07, 6.45) is 1.77. The first-order valence-electron chi connectivity index (χ1n) is 9.91. The molecule has 1 aliphatic rings. The minimum absolute atomic E-state index is 0.339. The fraction of sp³-hybridized carbons (Fsp3) is 0.600. The Kier molecular flexibility index (Phi) is 5.87. The molecule has 0 unspecified atom stereocenters. The van der Waals surface area contributed by atoms with Crippen LogP contribution in [-0.2, 0) is 20.8 Å². The van der Waals surface area contributed by atoms with Crippen molar-refractivity contribution >= 4 is 20.7 Å². The van der Waals surface area contributed by atoms with Crippen LogP contribution in [0.25, 0.3) is 11.3 Å². The van der Waals surface area contributed by atoms with Gasteiger partial charge in [0.25, 0.3) is 0 Å². The van der Waals surface area contributed by atoms with Crippen LogP contribution in [0, 0.1) is 0 Å². The number of hydrogen-bond acceptors (Lipinski definition) is 5. The Hall–Kier alpha value is -1.48. The third-order valence-electron chi connectivity index (χ3n) is 5.47. The van der Waals surface area contributed by atoms with Gasteiger partial charge in [0.15, 0.2) is 6.73 Å². The predicted octanol–water partition coefficient (Wildman–Crippen LogP) is 3.56. The van der Waals surface area contributed by atoms with E-state index in [0.717, 1.165) is 29.4 Å². The van der Waals surface area contributed by atoms with Crippen LogP contribution in [0.4, 0.5) is 0 Å². The van der Waals surface area contributed by atoms with Gasteiger partial charge in [0.1, 0.15) is 5.69 Å². The van der Waals surface area contributed by atoms with E-state index in [-0.39, 0.29) is 18.3 Å². The van der Waals surface area contributed by atoms with Gasteiger partial charge >= 0.3 is 7.12 Å². The molecule has 0 N–H and O–H groups in total. The van der Waals surface area contributed by atoms with E-state index in [2.05, 4.69) is 57.5 Å². The summed E-state index contributed by atoms with van der Waals surface area (Å²) in [5.41, 5.74) is 2.16. The van der Waals surface area contributed by atoms with Crippen molar-refractivity contribution in [1.29, 1.82) is 0 Å². The molecule has 2 aromatic rings. The van der Waals surface area contributed by atoms with Crippen molar-refractivity contribution < 1.29 is 14.0 Å². The van der Waals surface area contributed by atoms with Gasteiger partial charge in [-0.3, -0.25) is 0 Å². The van der Waals surface area contributed by atoms with Gasteiger partial charge in [-0.05, 0) is 39.2 Å². The summed E-state index contributed by atoms with van der Waals surface area (Å²) < 4.78 is 17.9. The molecule has 1 saturated heterocycles. The van der Waals surface area contributed by atoms with Crippen molar-refractivity contribution in [1.82, 2.24) is 15.0 Å². The maximum Gasteiger partial charge on any atom is 0.494 e. The third-order valence-corrected chi connectivity index (χ3v) is 7.18. The predicted molar refractivity (Wildman–Crippen MR) is 115 cm³/mol. The van der Waals surface area contributed by atoms with Crippen molar-refractivity contribution in [2.75, 3.05) is 6.61 Å². The maximum absolute atomic E-state index is 6.11. The molecule has 2 heterocycles. The number of nitrogens with zero attached hydrogens (tertiary/aromatic N) is 3. The fourth-order valence-electron chi connectivity index (χ4n) is 2.81. The number of hydrogen-bond donors (Lipinski definition) is 0. The lowest BCUT2D eigenvalue weighted by atomic mass is 9.79. The first-order chi connectivity index (χ1) is 13.0.